The highest BCUT2D eigenvalue weighted by Gasteiger charge is 2.17. The van der Waals surface area contributed by atoms with Gasteiger partial charge < -0.3 is 24.1 Å². The van der Waals surface area contributed by atoms with E-state index in [9.17, 15) is 9.90 Å². The highest BCUT2D eigenvalue weighted by atomic mass is 16.5. The third-order valence-corrected chi connectivity index (χ3v) is 3.42. The molecule has 0 aromatic heterocycles. The fourth-order valence-electron chi connectivity index (χ4n) is 2.28. The van der Waals surface area contributed by atoms with Gasteiger partial charge in [-0.3, -0.25) is 0 Å². The predicted octanol–water partition coefficient (Wildman–Crippen LogP) is 1.95. The molecular weight excluding hydrogens is 284 g/mol. The van der Waals surface area contributed by atoms with Gasteiger partial charge >= 0.3 is 0 Å². The van der Waals surface area contributed by atoms with E-state index in [1.807, 2.05) is 25.1 Å². The molecule has 5 heteroatoms. The fraction of sp³-hybridized carbons (Fsp3) is 0.588. The van der Waals surface area contributed by atoms with Crippen molar-refractivity contribution in [3.63, 3.8) is 0 Å². The molecule has 124 valence electrons. The Morgan fingerprint density at radius 1 is 1.23 bits per heavy atom. The van der Waals surface area contributed by atoms with Crippen LogP contribution < -0.4 is 4.74 Å². The van der Waals surface area contributed by atoms with Gasteiger partial charge in [0, 0.05) is 19.4 Å². The van der Waals surface area contributed by atoms with Gasteiger partial charge in [0.2, 0.25) is 0 Å². The van der Waals surface area contributed by atoms with Crippen LogP contribution in [0.1, 0.15) is 30.9 Å². The summed E-state index contributed by atoms with van der Waals surface area (Å²) in [5.74, 6) is 0.546. The monoisotopic (exact) mass is 310 g/mol. The molecule has 1 rings (SSSR count). The van der Waals surface area contributed by atoms with Gasteiger partial charge in [0.1, 0.15) is 12.0 Å². The molecule has 1 aromatic rings. The highest BCUT2D eigenvalue weighted by molar-refractivity contribution is 5.63. The van der Waals surface area contributed by atoms with E-state index < -0.39 is 6.10 Å². The Morgan fingerprint density at radius 3 is 2.50 bits per heavy atom. The highest BCUT2D eigenvalue weighted by Crippen LogP contribution is 2.25. The molecule has 0 heterocycles. The zero-order chi connectivity index (χ0) is 16.5. The third kappa shape index (κ3) is 5.75. The first-order valence-corrected chi connectivity index (χ1v) is 7.42. The van der Waals surface area contributed by atoms with Crippen molar-refractivity contribution in [1.29, 1.82) is 0 Å². The van der Waals surface area contributed by atoms with Crippen molar-refractivity contribution < 1.29 is 24.1 Å². The van der Waals surface area contributed by atoms with E-state index in [1.165, 1.54) is 0 Å². The van der Waals surface area contributed by atoms with E-state index in [0.29, 0.717) is 13.0 Å². The lowest BCUT2D eigenvalue weighted by atomic mass is 9.93. The van der Waals surface area contributed by atoms with Gasteiger partial charge in [-0.1, -0.05) is 13.0 Å². The summed E-state index contributed by atoms with van der Waals surface area (Å²) in [6, 6.07) is 5.68. The van der Waals surface area contributed by atoms with Crippen molar-refractivity contribution in [2.75, 3.05) is 27.4 Å². The standard InChI is InChI=1S/C17H26O5/c1-12(9-18)17-6-5-15(21-4)7-14(17)8-16(11-20-3)22-10-13(2)19/h5-7,9,12-13,16,19H,8,10-11H2,1-4H3. The van der Waals surface area contributed by atoms with Gasteiger partial charge in [-0.05, 0) is 30.2 Å². The molecule has 0 saturated carbocycles. The zero-order valence-electron chi connectivity index (χ0n) is 13.7. The quantitative estimate of drug-likeness (QED) is 0.669. The van der Waals surface area contributed by atoms with Crippen molar-refractivity contribution in [3.05, 3.63) is 29.3 Å². The maximum absolute atomic E-state index is 11.1. The molecule has 1 N–H and O–H groups in total. The molecule has 0 bridgehead atoms. The van der Waals surface area contributed by atoms with Gasteiger partial charge in [0.05, 0.1) is 32.5 Å². The van der Waals surface area contributed by atoms with Gasteiger partial charge in [-0.25, -0.2) is 0 Å². The first-order chi connectivity index (χ1) is 10.5. The average Bonchev–Trinajstić information content (AvgIpc) is 2.51. The molecule has 5 nitrogen and oxygen atoms in total. The van der Waals surface area contributed by atoms with Crippen molar-refractivity contribution >= 4 is 6.29 Å². The van der Waals surface area contributed by atoms with E-state index in [4.69, 9.17) is 14.2 Å². The van der Waals surface area contributed by atoms with Crippen LogP contribution >= 0.6 is 0 Å². The molecule has 0 amide bonds. The summed E-state index contributed by atoms with van der Waals surface area (Å²) < 4.78 is 16.1. The number of hydrogen-bond donors (Lipinski definition) is 1. The van der Waals surface area contributed by atoms with Gasteiger partial charge in [-0.2, -0.15) is 0 Å². The van der Waals surface area contributed by atoms with Crippen LogP contribution in [0.3, 0.4) is 0 Å². The Bertz CT molecular complexity index is 458. The molecule has 0 spiro atoms. The third-order valence-electron chi connectivity index (χ3n) is 3.42. The molecule has 0 aliphatic carbocycles. The Morgan fingerprint density at radius 2 is 1.95 bits per heavy atom. The van der Waals surface area contributed by atoms with Crippen LogP contribution in [-0.4, -0.2) is 51.0 Å². The molecule has 0 aliphatic rings. The van der Waals surface area contributed by atoms with Crippen LogP contribution in [-0.2, 0) is 20.7 Å². The van der Waals surface area contributed by atoms with Crippen molar-refractivity contribution in [2.45, 2.75) is 38.4 Å². The number of methoxy groups -OCH3 is 2. The first-order valence-electron chi connectivity index (χ1n) is 7.42. The van der Waals surface area contributed by atoms with Crippen LogP contribution in [0, 0.1) is 0 Å². The van der Waals surface area contributed by atoms with Crippen LogP contribution in [0.15, 0.2) is 18.2 Å². The summed E-state index contributed by atoms with van der Waals surface area (Å²) in [6.45, 7) is 4.20. The fourth-order valence-corrected chi connectivity index (χ4v) is 2.28. The minimum Gasteiger partial charge on any atom is -0.497 e. The Labute approximate surface area is 132 Å². The lowest BCUT2D eigenvalue weighted by molar-refractivity contribution is -0.108. The van der Waals surface area contributed by atoms with E-state index >= 15 is 0 Å². The summed E-state index contributed by atoms with van der Waals surface area (Å²) in [6.07, 6.45) is 0.792. The summed E-state index contributed by atoms with van der Waals surface area (Å²) in [5.41, 5.74) is 1.95. The summed E-state index contributed by atoms with van der Waals surface area (Å²) in [7, 11) is 3.22. The smallest absolute Gasteiger partial charge is 0.127 e. The maximum atomic E-state index is 11.1. The molecular formula is C17H26O5. The van der Waals surface area contributed by atoms with Gasteiger partial charge in [0.25, 0.3) is 0 Å². The number of benzene rings is 1. The van der Waals surface area contributed by atoms with E-state index in [-0.39, 0.29) is 18.6 Å². The number of aldehydes is 1. The molecule has 3 atom stereocenters. The van der Waals surface area contributed by atoms with Crippen LogP contribution in [0.2, 0.25) is 0 Å². The number of ether oxygens (including phenoxy) is 3. The molecule has 0 fully saturated rings. The van der Waals surface area contributed by atoms with Gasteiger partial charge in [-0.15, -0.1) is 0 Å². The summed E-state index contributed by atoms with van der Waals surface area (Å²) in [5, 5.41) is 9.37. The van der Waals surface area contributed by atoms with E-state index in [2.05, 4.69) is 0 Å². The minimum atomic E-state index is -0.530. The lowest BCUT2D eigenvalue weighted by Gasteiger charge is -2.21. The second-order valence-corrected chi connectivity index (χ2v) is 5.45. The number of carbonyl (C=O) groups is 1. The Hall–Kier alpha value is -1.43. The van der Waals surface area contributed by atoms with Crippen molar-refractivity contribution in [2.24, 2.45) is 0 Å². The molecule has 0 saturated heterocycles. The number of aliphatic hydroxyl groups is 1. The molecule has 0 aliphatic heterocycles. The van der Waals surface area contributed by atoms with Crippen LogP contribution in [0.5, 0.6) is 5.75 Å². The van der Waals surface area contributed by atoms with Crippen molar-refractivity contribution in [3.8, 4) is 5.75 Å². The van der Waals surface area contributed by atoms with Gasteiger partial charge in [0.15, 0.2) is 0 Å². The SMILES string of the molecule is COCC(Cc1cc(OC)ccc1C(C)C=O)OCC(C)O. The molecule has 22 heavy (non-hydrogen) atoms. The number of rotatable bonds is 10. The number of aliphatic hydroxyl groups excluding tert-OH is 1. The largest absolute Gasteiger partial charge is 0.497 e. The number of carbonyl (C=O) groups excluding carboxylic acids is 1. The lowest BCUT2D eigenvalue weighted by Crippen LogP contribution is -2.26. The Balaban J connectivity index is 2.96. The maximum Gasteiger partial charge on any atom is 0.127 e. The minimum absolute atomic E-state index is 0.190. The first kappa shape index (κ1) is 18.6. The zero-order valence-corrected chi connectivity index (χ0v) is 13.7. The second-order valence-electron chi connectivity index (χ2n) is 5.45. The molecule has 3 unspecified atom stereocenters. The summed E-state index contributed by atoms with van der Waals surface area (Å²) in [4.78, 5) is 11.1. The normalized spacial score (nSPS) is 15.1. The van der Waals surface area contributed by atoms with Crippen LogP contribution in [0.4, 0.5) is 0 Å². The summed E-state index contributed by atoms with van der Waals surface area (Å²) >= 11 is 0. The topological polar surface area (TPSA) is 65.0 Å². The number of hydrogen-bond acceptors (Lipinski definition) is 5. The predicted molar refractivity (Wildman–Crippen MR) is 84.5 cm³/mol. The average molecular weight is 310 g/mol. The molecule has 0 radical (unpaired) electrons. The second kappa shape index (κ2) is 9.56. The van der Waals surface area contributed by atoms with E-state index in [1.54, 1.807) is 21.1 Å². The molecule has 1 aromatic carbocycles. The van der Waals surface area contributed by atoms with E-state index in [0.717, 1.165) is 23.2 Å². The van der Waals surface area contributed by atoms with Crippen LogP contribution in [0.25, 0.3) is 0 Å². The Kier molecular flexibility index (Phi) is 8.09. The van der Waals surface area contributed by atoms with Crippen molar-refractivity contribution in [1.82, 2.24) is 0 Å².